The van der Waals surface area contributed by atoms with E-state index in [-0.39, 0.29) is 12.6 Å². The highest BCUT2D eigenvalue weighted by Gasteiger charge is 2.14. The molecule has 0 saturated carbocycles. The van der Waals surface area contributed by atoms with Crippen molar-refractivity contribution in [3.05, 3.63) is 0 Å². The van der Waals surface area contributed by atoms with Gasteiger partial charge in [-0.2, -0.15) is 5.26 Å². The lowest BCUT2D eigenvalue weighted by molar-refractivity contribution is -0.138. The third-order valence-electron chi connectivity index (χ3n) is 2.06. The molecule has 0 heterocycles. The van der Waals surface area contributed by atoms with Crippen LogP contribution in [0.1, 0.15) is 26.7 Å². The summed E-state index contributed by atoms with van der Waals surface area (Å²) in [6, 6.07) is 2.24. The Morgan fingerprint density at radius 2 is 2.31 bits per heavy atom. The molecule has 4 heteroatoms. The summed E-state index contributed by atoms with van der Waals surface area (Å²) < 4.78 is 0. The van der Waals surface area contributed by atoms with E-state index in [1.807, 2.05) is 24.8 Å². The lowest BCUT2D eigenvalue weighted by Crippen LogP contribution is -2.37. The number of carboxylic acid groups (broad SMARTS) is 1. The third kappa shape index (κ3) is 5.21. The lowest BCUT2D eigenvalue weighted by atomic mass is 10.2. The Labute approximate surface area is 78.8 Å². The first-order chi connectivity index (χ1) is 6.11. The normalized spacial score (nSPS) is 12.5. The quantitative estimate of drug-likeness (QED) is 0.671. The smallest absolute Gasteiger partial charge is 0.317 e. The van der Waals surface area contributed by atoms with Gasteiger partial charge < -0.3 is 5.11 Å². The van der Waals surface area contributed by atoms with E-state index >= 15 is 0 Å². The first-order valence-corrected chi connectivity index (χ1v) is 4.44. The van der Waals surface area contributed by atoms with Crippen LogP contribution < -0.4 is 0 Å². The van der Waals surface area contributed by atoms with Gasteiger partial charge in [-0.25, -0.2) is 0 Å². The zero-order valence-electron chi connectivity index (χ0n) is 8.16. The predicted molar refractivity (Wildman–Crippen MR) is 49.2 cm³/mol. The monoisotopic (exact) mass is 184 g/mol. The molecule has 1 N–H and O–H groups in total. The second-order valence-electron chi connectivity index (χ2n) is 3.03. The third-order valence-corrected chi connectivity index (χ3v) is 2.06. The van der Waals surface area contributed by atoms with E-state index in [2.05, 4.69) is 0 Å². The highest BCUT2D eigenvalue weighted by molar-refractivity contribution is 5.69. The number of aliphatic carboxylic acids is 1. The van der Waals surface area contributed by atoms with Crippen LogP contribution in [0.5, 0.6) is 0 Å². The van der Waals surface area contributed by atoms with E-state index in [0.29, 0.717) is 13.0 Å². The molecule has 0 aromatic heterocycles. The maximum atomic E-state index is 10.5. The van der Waals surface area contributed by atoms with Crippen LogP contribution in [0.25, 0.3) is 0 Å². The Bertz CT molecular complexity index is 198. The average Bonchev–Trinajstić information content (AvgIpc) is 2.10. The second kappa shape index (κ2) is 6.44. The van der Waals surface area contributed by atoms with Gasteiger partial charge in [0.05, 0.1) is 12.6 Å². The fraction of sp³-hybridized carbons (Fsp3) is 0.778. The van der Waals surface area contributed by atoms with E-state index in [1.54, 1.807) is 0 Å². The molecular formula is C9H16N2O2. The number of hydrogen-bond donors (Lipinski definition) is 1. The predicted octanol–water partition coefficient (Wildman–Crippen LogP) is 1.09. The van der Waals surface area contributed by atoms with Gasteiger partial charge in [0.15, 0.2) is 0 Å². The zero-order chi connectivity index (χ0) is 10.3. The summed E-state index contributed by atoms with van der Waals surface area (Å²) in [5, 5.41) is 17.0. The van der Waals surface area contributed by atoms with Gasteiger partial charge in [0.2, 0.25) is 0 Å². The van der Waals surface area contributed by atoms with Crippen molar-refractivity contribution in [1.29, 1.82) is 5.26 Å². The molecule has 1 atom stereocenters. The Morgan fingerprint density at radius 3 is 2.69 bits per heavy atom. The first-order valence-electron chi connectivity index (χ1n) is 4.44. The molecule has 0 aliphatic heterocycles. The van der Waals surface area contributed by atoms with E-state index in [1.165, 1.54) is 0 Å². The van der Waals surface area contributed by atoms with Gasteiger partial charge in [-0.3, -0.25) is 9.69 Å². The Balaban J connectivity index is 4.03. The molecule has 0 aromatic carbocycles. The van der Waals surface area contributed by atoms with Gasteiger partial charge in [-0.15, -0.1) is 0 Å². The maximum Gasteiger partial charge on any atom is 0.317 e. The summed E-state index contributed by atoms with van der Waals surface area (Å²) in [5.74, 6) is -0.835. The van der Waals surface area contributed by atoms with Crippen molar-refractivity contribution in [1.82, 2.24) is 4.90 Å². The van der Waals surface area contributed by atoms with E-state index in [4.69, 9.17) is 10.4 Å². The van der Waals surface area contributed by atoms with Crippen LogP contribution >= 0.6 is 0 Å². The van der Waals surface area contributed by atoms with Gasteiger partial charge in [0.1, 0.15) is 0 Å². The van der Waals surface area contributed by atoms with Crippen molar-refractivity contribution >= 4 is 5.97 Å². The molecule has 1 unspecified atom stereocenters. The topological polar surface area (TPSA) is 64.3 Å². The zero-order valence-corrected chi connectivity index (χ0v) is 8.16. The molecule has 13 heavy (non-hydrogen) atoms. The van der Waals surface area contributed by atoms with Crippen LogP contribution in [-0.2, 0) is 4.79 Å². The molecule has 0 bridgehead atoms. The summed E-state index contributed by atoms with van der Waals surface area (Å²) in [6.45, 7) is 4.54. The van der Waals surface area contributed by atoms with Crippen LogP contribution in [0, 0.1) is 11.3 Å². The largest absolute Gasteiger partial charge is 0.480 e. The van der Waals surface area contributed by atoms with Crippen molar-refractivity contribution in [3.63, 3.8) is 0 Å². The lowest BCUT2D eigenvalue weighted by Gasteiger charge is -2.25. The van der Waals surface area contributed by atoms with Crippen molar-refractivity contribution in [3.8, 4) is 6.07 Å². The first kappa shape index (κ1) is 11.9. The van der Waals surface area contributed by atoms with Gasteiger partial charge in [0, 0.05) is 19.0 Å². The fourth-order valence-electron chi connectivity index (χ4n) is 1.08. The number of nitriles is 1. The highest BCUT2D eigenvalue weighted by atomic mass is 16.4. The van der Waals surface area contributed by atoms with Crippen molar-refractivity contribution in [2.75, 3.05) is 13.1 Å². The standard InChI is InChI=1S/C9H16N2O2/c1-3-8(2)11(6-4-5-10)7-9(12)13/h8H,3-4,6-7H2,1-2H3,(H,12,13). The molecule has 0 radical (unpaired) electrons. The van der Waals surface area contributed by atoms with Gasteiger partial charge in [-0.1, -0.05) is 6.92 Å². The molecule has 0 aromatic rings. The van der Waals surface area contributed by atoms with Crippen molar-refractivity contribution in [2.24, 2.45) is 0 Å². The second-order valence-corrected chi connectivity index (χ2v) is 3.03. The summed E-state index contributed by atoms with van der Waals surface area (Å²) in [5.41, 5.74) is 0. The minimum Gasteiger partial charge on any atom is -0.480 e. The van der Waals surface area contributed by atoms with E-state index in [9.17, 15) is 4.79 Å². The minimum absolute atomic E-state index is 0.0245. The minimum atomic E-state index is -0.835. The van der Waals surface area contributed by atoms with Crippen LogP contribution in [0.2, 0.25) is 0 Å². The number of rotatable bonds is 6. The summed E-state index contributed by atoms with van der Waals surface area (Å²) in [7, 11) is 0. The molecule has 0 rings (SSSR count). The van der Waals surface area contributed by atoms with Gasteiger partial charge in [0.25, 0.3) is 0 Å². The molecule has 4 nitrogen and oxygen atoms in total. The number of hydrogen-bond acceptors (Lipinski definition) is 3. The van der Waals surface area contributed by atoms with Crippen LogP contribution in [0.4, 0.5) is 0 Å². The molecular weight excluding hydrogens is 168 g/mol. The number of carbonyl (C=O) groups is 1. The molecule has 0 aliphatic rings. The van der Waals surface area contributed by atoms with Gasteiger partial charge >= 0.3 is 5.97 Å². The fourth-order valence-corrected chi connectivity index (χ4v) is 1.08. The molecule has 0 fully saturated rings. The molecule has 0 amide bonds. The Morgan fingerprint density at radius 1 is 1.69 bits per heavy atom. The molecule has 74 valence electrons. The van der Waals surface area contributed by atoms with Crippen LogP contribution in [-0.4, -0.2) is 35.1 Å². The number of carboxylic acids is 1. The summed E-state index contributed by atoms with van der Waals surface area (Å²) >= 11 is 0. The van der Waals surface area contributed by atoms with Gasteiger partial charge in [-0.05, 0) is 13.3 Å². The number of nitrogens with zero attached hydrogens (tertiary/aromatic N) is 2. The van der Waals surface area contributed by atoms with E-state index < -0.39 is 5.97 Å². The van der Waals surface area contributed by atoms with Crippen LogP contribution in [0.3, 0.4) is 0 Å². The summed E-state index contributed by atoms with van der Waals surface area (Å²) in [6.07, 6.45) is 1.29. The maximum absolute atomic E-state index is 10.5. The Hall–Kier alpha value is -1.08. The van der Waals surface area contributed by atoms with Crippen LogP contribution in [0.15, 0.2) is 0 Å². The molecule has 0 saturated heterocycles. The molecule has 0 spiro atoms. The average molecular weight is 184 g/mol. The highest BCUT2D eigenvalue weighted by Crippen LogP contribution is 2.03. The summed E-state index contributed by atoms with van der Waals surface area (Å²) in [4.78, 5) is 12.3. The van der Waals surface area contributed by atoms with Crippen molar-refractivity contribution < 1.29 is 9.90 Å². The SMILES string of the molecule is CCC(C)N(CCC#N)CC(=O)O. The van der Waals surface area contributed by atoms with Crippen molar-refractivity contribution in [2.45, 2.75) is 32.7 Å². The Kier molecular flexibility index (Phi) is 5.90. The van der Waals surface area contributed by atoms with E-state index in [0.717, 1.165) is 6.42 Å². The molecule has 0 aliphatic carbocycles.